The summed E-state index contributed by atoms with van der Waals surface area (Å²) >= 11 is 0. The van der Waals surface area contributed by atoms with Crippen LogP contribution in [0.2, 0.25) is 0 Å². The summed E-state index contributed by atoms with van der Waals surface area (Å²) in [4.78, 5) is 0. The van der Waals surface area contributed by atoms with Crippen molar-refractivity contribution in [3.8, 4) is 0 Å². The summed E-state index contributed by atoms with van der Waals surface area (Å²) in [5.41, 5.74) is 1.60. The highest BCUT2D eigenvalue weighted by atomic mass is 16.4. The van der Waals surface area contributed by atoms with Gasteiger partial charge in [-0.1, -0.05) is 36.4 Å². The minimum Gasteiger partial charge on any atom is -0.392 e. The molecule has 0 amide bonds. The Bertz CT molecular complexity index is 463. The van der Waals surface area contributed by atoms with Gasteiger partial charge in [-0.05, 0) is 30.5 Å². The van der Waals surface area contributed by atoms with Crippen molar-refractivity contribution in [3.63, 3.8) is 0 Å². The van der Waals surface area contributed by atoms with Gasteiger partial charge in [-0.3, -0.25) is 0 Å². The molecule has 4 atom stereocenters. The van der Waals surface area contributed by atoms with Gasteiger partial charge in [-0.15, -0.1) is 0 Å². The van der Waals surface area contributed by atoms with Crippen LogP contribution in [0.5, 0.6) is 0 Å². The zero-order valence-electron chi connectivity index (χ0n) is 11.9. The third-order valence-corrected chi connectivity index (χ3v) is 3.86. The van der Waals surface area contributed by atoms with Crippen LogP contribution in [0.4, 0.5) is 0 Å². The van der Waals surface area contributed by atoms with Gasteiger partial charge in [-0.25, -0.2) is 0 Å². The van der Waals surface area contributed by atoms with Gasteiger partial charge in [0.25, 0.3) is 0 Å². The van der Waals surface area contributed by atoms with Crippen molar-refractivity contribution in [2.45, 2.75) is 37.2 Å². The molecule has 0 fully saturated rings. The Labute approximate surface area is 124 Å². The van der Waals surface area contributed by atoms with Crippen LogP contribution in [0.15, 0.2) is 42.0 Å². The fourth-order valence-electron chi connectivity index (χ4n) is 2.58. The van der Waals surface area contributed by atoms with Crippen LogP contribution in [0, 0.1) is 0 Å². The molecule has 1 aliphatic rings. The highest BCUT2D eigenvalue weighted by Crippen LogP contribution is 2.20. The highest BCUT2D eigenvalue weighted by molar-refractivity contribution is 5.21. The predicted molar refractivity (Wildman–Crippen MR) is 79.7 cm³/mol. The molecule has 0 aromatic heterocycles. The quantitative estimate of drug-likeness (QED) is 0.363. The molecule has 0 bridgehead atoms. The smallest absolute Gasteiger partial charge is 0.111 e. The van der Waals surface area contributed by atoms with Gasteiger partial charge in [0, 0.05) is 0 Å². The van der Waals surface area contributed by atoms with Crippen LogP contribution < -0.4 is 5.32 Å². The molecule has 0 aliphatic heterocycles. The monoisotopic (exact) mass is 293 g/mol. The molecule has 0 saturated heterocycles. The fourth-order valence-corrected chi connectivity index (χ4v) is 2.58. The normalized spacial score (nSPS) is 29.2. The summed E-state index contributed by atoms with van der Waals surface area (Å²) in [6.07, 6.45) is -0.125. The number of rotatable bonds is 6. The van der Waals surface area contributed by atoms with Crippen molar-refractivity contribution in [2.75, 3.05) is 13.2 Å². The second kappa shape index (κ2) is 7.68. The van der Waals surface area contributed by atoms with Crippen LogP contribution >= 0.6 is 0 Å². The molecule has 0 saturated carbocycles. The lowest BCUT2D eigenvalue weighted by Crippen LogP contribution is -2.54. The summed E-state index contributed by atoms with van der Waals surface area (Å²) in [6.45, 7) is 0.349. The SMILES string of the molecule is OCC1=C[C@H](NCCCc2ccccc2)[C@H](O)C(O)[C@@H]1O. The first-order valence-corrected chi connectivity index (χ1v) is 7.26. The molecule has 0 spiro atoms. The second-order valence-corrected chi connectivity index (χ2v) is 5.39. The molecule has 2 rings (SSSR count). The van der Waals surface area contributed by atoms with Crippen LogP contribution in [0.25, 0.3) is 0 Å². The summed E-state index contributed by atoms with van der Waals surface area (Å²) < 4.78 is 0. The van der Waals surface area contributed by atoms with Gasteiger partial charge in [-0.2, -0.15) is 0 Å². The van der Waals surface area contributed by atoms with Crippen molar-refractivity contribution < 1.29 is 20.4 Å². The standard InChI is InChI=1S/C16H23NO4/c18-10-12-9-13(15(20)16(21)14(12)19)17-8-4-7-11-5-2-1-3-6-11/h1-3,5-6,9,13-21H,4,7-8,10H2/t13-,14+,15-,16?/m0/s1. The lowest BCUT2D eigenvalue weighted by molar-refractivity contribution is -0.0641. The Balaban J connectivity index is 1.83. The summed E-state index contributed by atoms with van der Waals surface area (Å²) in [7, 11) is 0. The largest absolute Gasteiger partial charge is 0.392 e. The van der Waals surface area contributed by atoms with Crippen molar-refractivity contribution in [1.82, 2.24) is 5.32 Å². The van der Waals surface area contributed by atoms with Crippen molar-refractivity contribution in [1.29, 1.82) is 0 Å². The van der Waals surface area contributed by atoms with E-state index in [1.54, 1.807) is 6.08 Å². The maximum atomic E-state index is 9.94. The lowest BCUT2D eigenvalue weighted by Gasteiger charge is -2.34. The van der Waals surface area contributed by atoms with Crippen LogP contribution in [0.3, 0.4) is 0 Å². The maximum absolute atomic E-state index is 9.94. The molecular weight excluding hydrogens is 270 g/mol. The fraction of sp³-hybridized carbons (Fsp3) is 0.500. The molecule has 1 aromatic carbocycles. The van der Waals surface area contributed by atoms with Gasteiger partial charge in [0.1, 0.15) is 18.3 Å². The van der Waals surface area contributed by atoms with Gasteiger partial charge in [0.05, 0.1) is 12.6 Å². The van der Waals surface area contributed by atoms with Crippen molar-refractivity contribution in [3.05, 3.63) is 47.5 Å². The van der Waals surface area contributed by atoms with Gasteiger partial charge < -0.3 is 25.7 Å². The van der Waals surface area contributed by atoms with E-state index in [9.17, 15) is 15.3 Å². The number of hydrogen-bond donors (Lipinski definition) is 5. The highest BCUT2D eigenvalue weighted by Gasteiger charge is 2.36. The minimum atomic E-state index is -1.27. The molecule has 1 aromatic rings. The van der Waals surface area contributed by atoms with Gasteiger partial charge in [0.15, 0.2) is 0 Å². The van der Waals surface area contributed by atoms with E-state index in [1.807, 2.05) is 18.2 Å². The van der Waals surface area contributed by atoms with E-state index in [0.29, 0.717) is 12.1 Å². The molecule has 0 radical (unpaired) electrons. The number of hydrogen-bond acceptors (Lipinski definition) is 5. The lowest BCUT2D eigenvalue weighted by atomic mass is 9.88. The first kappa shape index (κ1) is 16.1. The first-order valence-electron chi connectivity index (χ1n) is 7.26. The van der Waals surface area contributed by atoms with E-state index in [0.717, 1.165) is 12.8 Å². The van der Waals surface area contributed by atoms with Gasteiger partial charge >= 0.3 is 0 Å². The number of aliphatic hydroxyl groups is 4. The minimum absolute atomic E-state index is 0.326. The van der Waals surface area contributed by atoms with E-state index in [4.69, 9.17) is 5.11 Å². The Morgan fingerprint density at radius 1 is 1.00 bits per heavy atom. The second-order valence-electron chi connectivity index (χ2n) is 5.39. The molecule has 116 valence electrons. The summed E-state index contributed by atoms with van der Waals surface area (Å²) in [5.74, 6) is 0. The van der Waals surface area contributed by atoms with Crippen LogP contribution in [-0.4, -0.2) is 57.9 Å². The first-order chi connectivity index (χ1) is 10.1. The van der Waals surface area contributed by atoms with E-state index in [1.165, 1.54) is 5.56 Å². The van der Waals surface area contributed by atoms with Crippen molar-refractivity contribution in [2.24, 2.45) is 0 Å². The molecule has 5 heteroatoms. The Kier molecular flexibility index (Phi) is 5.90. The number of benzene rings is 1. The van der Waals surface area contributed by atoms with Crippen LogP contribution in [0.1, 0.15) is 12.0 Å². The zero-order chi connectivity index (χ0) is 15.2. The van der Waals surface area contributed by atoms with E-state index in [2.05, 4.69) is 17.4 Å². The molecule has 1 unspecified atom stereocenters. The Hall–Kier alpha value is -1.24. The van der Waals surface area contributed by atoms with E-state index in [-0.39, 0.29) is 6.61 Å². The average Bonchev–Trinajstić information content (AvgIpc) is 2.52. The van der Waals surface area contributed by atoms with Crippen LogP contribution in [-0.2, 0) is 6.42 Å². The predicted octanol–water partition coefficient (Wildman–Crippen LogP) is -0.408. The Morgan fingerprint density at radius 2 is 1.71 bits per heavy atom. The Morgan fingerprint density at radius 3 is 2.38 bits per heavy atom. The van der Waals surface area contributed by atoms with Crippen molar-refractivity contribution >= 4 is 0 Å². The summed E-state index contributed by atoms with van der Waals surface area (Å²) in [6, 6.07) is 9.66. The third-order valence-electron chi connectivity index (χ3n) is 3.86. The third kappa shape index (κ3) is 4.12. The molecule has 21 heavy (non-hydrogen) atoms. The molecule has 0 heterocycles. The van der Waals surface area contributed by atoms with E-state index < -0.39 is 24.4 Å². The van der Waals surface area contributed by atoms with Gasteiger partial charge in [0.2, 0.25) is 0 Å². The van der Waals surface area contributed by atoms with E-state index >= 15 is 0 Å². The number of aryl methyl sites for hydroxylation is 1. The topological polar surface area (TPSA) is 93.0 Å². The number of aliphatic hydroxyl groups excluding tert-OH is 4. The molecular formula is C16H23NO4. The maximum Gasteiger partial charge on any atom is 0.111 e. The average molecular weight is 293 g/mol. The molecule has 5 N–H and O–H groups in total. The molecule has 5 nitrogen and oxygen atoms in total. The number of nitrogens with one attached hydrogen (secondary N) is 1. The molecule has 1 aliphatic carbocycles. The zero-order valence-corrected chi connectivity index (χ0v) is 11.9. The summed E-state index contributed by atoms with van der Waals surface area (Å²) in [5, 5.41) is 41.7.